The molecule has 27 heavy (non-hydrogen) atoms. The van der Waals surface area contributed by atoms with Gasteiger partial charge in [0.05, 0.1) is 12.7 Å². The Labute approximate surface area is 164 Å². The van der Waals surface area contributed by atoms with E-state index in [2.05, 4.69) is 20.5 Å². The molecule has 1 aliphatic rings. The maximum absolute atomic E-state index is 12.3. The van der Waals surface area contributed by atoms with Gasteiger partial charge in [-0.05, 0) is 43.1 Å². The molecule has 0 saturated carbocycles. The van der Waals surface area contributed by atoms with Gasteiger partial charge < -0.3 is 15.4 Å². The van der Waals surface area contributed by atoms with E-state index in [-0.39, 0.29) is 30.8 Å². The first kappa shape index (κ1) is 20.9. The van der Waals surface area contributed by atoms with Gasteiger partial charge in [0.1, 0.15) is 6.54 Å². The number of rotatable bonds is 6. The zero-order valence-corrected chi connectivity index (χ0v) is 16.1. The zero-order chi connectivity index (χ0) is 18.4. The van der Waals surface area contributed by atoms with Gasteiger partial charge in [-0.25, -0.2) is 4.79 Å². The summed E-state index contributed by atoms with van der Waals surface area (Å²) in [4.78, 5) is 23.7. The van der Waals surface area contributed by atoms with Crippen molar-refractivity contribution in [2.45, 2.75) is 31.8 Å². The van der Waals surface area contributed by atoms with Gasteiger partial charge in [0.15, 0.2) is 0 Å². The van der Waals surface area contributed by atoms with Crippen LogP contribution in [-0.2, 0) is 22.6 Å². The minimum absolute atomic E-state index is 0. The SMILES string of the molecule is COC(=O)c1ccc(CNC(=O)Cn2nccc2C2CCCNC2)cc1.Cl. The number of ether oxygens (including phenoxy) is 1. The van der Waals surface area contributed by atoms with E-state index in [0.29, 0.717) is 18.0 Å². The molecule has 0 bridgehead atoms. The molecule has 3 rings (SSSR count). The number of amides is 1. The molecule has 1 amide bonds. The molecular formula is C19H25ClN4O3. The highest BCUT2D eigenvalue weighted by Gasteiger charge is 2.19. The van der Waals surface area contributed by atoms with Crippen LogP contribution in [0.25, 0.3) is 0 Å². The van der Waals surface area contributed by atoms with Gasteiger partial charge >= 0.3 is 5.97 Å². The van der Waals surface area contributed by atoms with Gasteiger partial charge in [-0.2, -0.15) is 5.10 Å². The van der Waals surface area contributed by atoms with Crippen molar-refractivity contribution >= 4 is 24.3 Å². The monoisotopic (exact) mass is 392 g/mol. The summed E-state index contributed by atoms with van der Waals surface area (Å²) >= 11 is 0. The maximum atomic E-state index is 12.3. The third-order valence-electron chi connectivity index (χ3n) is 4.62. The lowest BCUT2D eigenvalue weighted by atomic mass is 9.96. The van der Waals surface area contributed by atoms with Crippen LogP contribution in [0.2, 0.25) is 0 Å². The van der Waals surface area contributed by atoms with E-state index >= 15 is 0 Å². The van der Waals surface area contributed by atoms with E-state index < -0.39 is 0 Å². The smallest absolute Gasteiger partial charge is 0.337 e. The number of esters is 1. The number of piperidine rings is 1. The summed E-state index contributed by atoms with van der Waals surface area (Å²) in [5, 5.41) is 10.6. The maximum Gasteiger partial charge on any atom is 0.337 e. The van der Waals surface area contributed by atoms with Gasteiger partial charge in [0.25, 0.3) is 0 Å². The average molecular weight is 393 g/mol. The standard InChI is InChI=1S/C19H24N4O3.ClH/c1-26-19(25)15-6-4-14(5-7-15)11-21-18(24)13-23-17(8-10-22-23)16-3-2-9-20-12-16;/h4-8,10,16,20H,2-3,9,11-13H2,1H3,(H,21,24);1H. The molecule has 1 fully saturated rings. The fraction of sp³-hybridized carbons (Fsp3) is 0.421. The van der Waals surface area contributed by atoms with Crippen LogP contribution < -0.4 is 10.6 Å². The minimum Gasteiger partial charge on any atom is -0.465 e. The van der Waals surface area contributed by atoms with E-state index in [1.165, 1.54) is 7.11 Å². The number of hydrogen-bond donors (Lipinski definition) is 2. The second-order valence-corrected chi connectivity index (χ2v) is 6.42. The Hall–Kier alpha value is -2.38. The summed E-state index contributed by atoms with van der Waals surface area (Å²) in [6.45, 7) is 2.60. The van der Waals surface area contributed by atoms with Crippen molar-refractivity contribution in [1.82, 2.24) is 20.4 Å². The van der Waals surface area contributed by atoms with Gasteiger partial charge in [-0.1, -0.05) is 12.1 Å². The Kier molecular flexibility index (Phi) is 7.82. The number of carbonyl (C=O) groups is 2. The summed E-state index contributed by atoms with van der Waals surface area (Å²) < 4.78 is 6.46. The molecule has 8 heteroatoms. The van der Waals surface area contributed by atoms with Crippen LogP contribution >= 0.6 is 12.4 Å². The van der Waals surface area contributed by atoms with Gasteiger partial charge in [-0.15, -0.1) is 12.4 Å². The summed E-state index contributed by atoms with van der Waals surface area (Å²) in [5.74, 6) is -0.0512. The Bertz CT molecular complexity index is 755. The highest BCUT2D eigenvalue weighted by atomic mass is 35.5. The fourth-order valence-electron chi connectivity index (χ4n) is 3.20. The predicted octanol–water partition coefficient (Wildman–Crippen LogP) is 1.87. The summed E-state index contributed by atoms with van der Waals surface area (Å²) in [6.07, 6.45) is 4.01. The van der Waals surface area contributed by atoms with Crippen LogP contribution in [0.4, 0.5) is 0 Å². The molecule has 0 radical (unpaired) electrons. The Morgan fingerprint density at radius 3 is 2.74 bits per heavy atom. The molecule has 2 N–H and O–H groups in total. The van der Waals surface area contributed by atoms with Crippen molar-refractivity contribution in [3.63, 3.8) is 0 Å². The van der Waals surface area contributed by atoms with Crippen LogP contribution in [-0.4, -0.2) is 41.9 Å². The van der Waals surface area contributed by atoms with E-state index in [4.69, 9.17) is 0 Å². The Morgan fingerprint density at radius 2 is 2.07 bits per heavy atom. The number of aromatic nitrogens is 2. The Balaban J connectivity index is 0.00000261. The molecule has 146 valence electrons. The highest BCUT2D eigenvalue weighted by molar-refractivity contribution is 5.89. The second kappa shape index (κ2) is 10.1. The lowest BCUT2D eigenvalue weighted by Crippen LogP contribution is -2.32. The van der Waals surface area contributed by atoms with Crippen molar-refractivity contribution < 1.29 is 14.3 Å². The molecule has 1 saturated heterocycles. The van der Waals surface area contributed by atoms with Gasteiger partial charge in [0, 0.05) is 30.9 Å². The molecular weight excluding hydrogens is 368 g/mol. The van der Waals surface area contributed by atoms with Gasteiger partial charge in [-0.3, -0.25) is 9.48 Å². The molecule has 0 spiro atoms. The van der Waals surface area contributed by atoms with Crippen molar-refractivity contribution in [3.8, 4) is 0 Å². The lowest BCUT2D eigenvalue weighted by Gasteiger charge is -2.23. The van der Waals surface area contributed by atoms with Crippen LogP contribution in [0.15, 0.2) is 36.5 Å². The van der Waals surface area contributed by atoms with E-state index in [0.717, 1.165) is 37.2 Å². The average Bonchev–Trinajstić information content (AvgIpc) is 3.15. The number of carbonyl (C=O) groups excluding carboxylic acids is 2. The van der Waals surface area contributed by atoms with Crippen LogP contribution in [0, 0.1) is 0 Å². The number of benzene rings is 1. The number of hydrogen-bond acceptors (Lipinski definition) is 5. The Morgan fingerprint density at radius 1 is 1.30 bits per heavy atom. The largest absolute Gasteiger partial charge is 0.465 e. The summed E-state index contributed by atoms with van der Waals surface area (Å²) in [5.41, 5.74) is 2.52. The third kappa shape index (κ3) is 5.55. The van der Waals surface area contributed by atoms with Crippen molar-refractivity contribution in [3.05, 3.63) is 53.3 Å². The molecule has 0 aliphatic carbocycles. The number of nitrogens with one attached hydrogen (secondary N) is 2. The molecule has 1 unspecified atom stereocenters. The number of nitrogens with zero attached hydrogens (tertiary/aromatic N) is 2. The van der Waals surface area contributed by atoms with Gasteiger partial charge in [0.2, 0.25) is 5.91 Å². The van der Waals surface area contributed by atoms with Crippen LogP contribution in [0.3, 0.4) is 0 Å². The van der Waals surface area contributed by atoms with Crippen molar-refractivity contribution in [1.29, 1.82) is 0 Å². The van der Waals surface area contributed by atoms with Crippen molar-refractivity contribution in [2.24, 2.45) is 0 Å². The number of methoxy groups -OCH3 is 1. The normalized spacial score (nSPS) is 16.3. The first-order chi connectivity index (χ1) is 12.7. The van der Waals surface area contributed by atoms with Crippen LogP contribution in [0.5, 0.6) is 0 Å². The fourth-order valence-corrected chi connectivity index (χ4v) is 3.20. The molecule has 2 heterocycles. The minimum atomic E-state index is -0.371. The predicted molar refractivity (Wildman–Crippen MR) is 104 cm³/mol. The highest BCUT2D eigenvalue weighted by Crippen LogP contribution is 2.22. The van der Waals surface area contributed by atoms with E-state index in [9.17, 15) is 9.59 Å². The first-order valence-electron chi connectivity index (χ1n) is 8.83. The molecule has 1 aliphatic heterocycles. The summed E-state index contributed by atoms with van der Waals surface area (Å²) in [6, 6.07) is 8.99. The summed E-state index contributed by atoms with van der Waals surface area (Å²) in [7, 11) is 1.35. The van der Waals surface area contributed by atoms with E-state index in [1.54, 1.807) is 35.1 Å². The third-order valence-corrected chi connectivity index (χ3v) is 4.62. The molecule has 1 aromatic carbocycles. The zero-order valence-electron chi connectivity index (χ0n) is 15.3. The molecule has 1 atom stereocenters. The lowest BCUT2D eigenvalue weighted by molar-refractivity contribution is -0.122. The number of halogens is 1. The topological polar surface area (TPSA) is 85.2 Å². The first-order valence-corrected chi connectivity index (χ1v) is 8.83. The van der Waals surface area contributed by atoms with Crippen LogP contribution in [0.1, 0.15) is 40.4 Å². The molecule has 1 aromatic heterocycles. The second-order valence-electron chi connectivity index (χ2n) is 6.42. The van der Waals surface area contributed by atoms with Crippen molar-refractivity contribution in [2.75, 3.05) is 20.2 Å². The molecule has 2 aromatic rings. The molecule has 7 nitrogen and oxygen atoms in total. The van der Waals surface area contributed by atoms with E-state index in [1.807, 2.05) is 6.07 Å². The quantitative estimate of drug-likeness (QED) is 0.733.